The third kappa shape index (κ3) is 5.05. The molecule has 0 bridgehead atoms. The lowest BCUT2D eigenvalue weighted by atomic mass is 10.2. The molecule has 4 rings (SSSR count). The number of aromatic nitrogens is 6. The van der Waals surface area contributed by atoms with Crippen molar-refractivity contribution < 1.29 is 17.9 Å². The van der Waals surface area contributed by atoms with Gasteiger partial charge in [-0.05, 0) is 50.2 Å². The summed E-state index contributed by atoms with van der Waals surface area (Å²) in [6.07, 6.45) is 0.0915. The Balaban J connectivity index is 1.49. The number of nitrogens with one attached hydrogen (secondary N) is 2. The average Bonchev–Trinajstić information content (AvgIpc) is 3.44. The molecule has 2 N–H and O–H groups in total. The van der Waals surface area contributed by atoms with E-state index in [9.17, 15) is 13.2 Å². The number of rotatable bonds is 7. The van der Waals surface area contributed by atoms with E-state index in [-0.39, 0.29) is 24.0 Å². The van der Waals surface area contributed by atoms with Crippen LogP contribution in [0, 0.1) is 0 Å². The number of halogens is 3. The van der Waals surface area contributed by atoms with Crippen molar-refractivity contribution in [2.45, 2.75) is 32.7 Å². The molecule has 0 aliphatic carbocycles. The zero-order valence-corrected chi connectivity index (χ0v) is 17.3. The summed E-state index contributed by atoms with van der Waals surface area (Å²) in [5.41, 5.74) is 1.21. The van der Waals surface area contributed by atoms with Crippen LogP contribution in [0.25, 0.3) is 16.9 Å². The molecule has 166 valence electrons. The van der Waals surface area contributed by atoms with E-state index in [1.807, 2.05) is 38.1 Å². The Morgan fingerprint density at radius 3 is 2.59 bits per heavy atom. The number of nitrogens with zero attached hydrogens (tertiary/aromatic N) is 5. The summed E-state index contributed by atoms with van der Waals surface area (Å²) in [6, 6.07) is 9.85. The Morgan fingerprint density at radius 1 is 1.16 bits per heavy atom. The molecule has 8 nitrogen and oxygen atoms in total. The number of ether oxygens (including phenoxy) is 1. The lowest BCUT2D eigenvalue weighted by Crippen LogP contribution is -2.10. The minimum atomic E-state index is -4.58. The first-order valence-electron chi connectivity index (χ1n) is 9.78. The molecular formula is C21H20F3N7O. The summed E-state index contributed by atoms with van der Waals surface area (Å²) in [5, 5.41) is 17.5. The minimum Gasteiger partial charge on any atom is -0.491 e. The molecular weight excluding hydrogens is 423 g/mol. The van der Waals surface area contributed by atoms with Crippen molar-refractivity contribution in [2.24, 2.45) is 0 Å². The van der Waals surface area contributed by atoms with Gasteiger partial charge >= 0.3 is 6.18 Å². The summed E-state index contributed by atoms with van der Waals surface area (Å²) < 4.78 is 47.1. The molecule has 0 amide bonds. The maximum Gasteiger partial charge on any atom is 0.433 e. The van der Waals surface area contributed by atoms with Crippen LogP contribution in [0.15, 0.2) is 55.0 Å². The van der Waals surface area contributed by atoms with Crippen molar-refractivity contribution in [1.82, 2.24) is 30.2 Å². The Hall–Kier alpha value is -3.89. The quantitative estimate of drug-likeness (QED) is 0.438. The Labute approximate surface area is 181 Å². The maximum absolute atomic E-state index is 13.3. The molecule has 0 saturated carbocycles. The summed E-state index contributed by atoms with van der Waals surface area (Å²) in [6.45, 7) is 4.08. The molecule has 4 aromatic rings. The van der Waals surface area contributed by atoms with Gasteiger partial charge < -0.3 is 10.1 Å². The highest BCUT2D eigenvalue weighted by Crippen LogP contribution is 2.32. The maximum atomic E-state index is 13.3. The molecule has 1 aromatic carbocycles. The van der Waals surface area contributed by atoms with Crippen molar-refractivity contribution in [3.63, 3.8) is 0 Å². The van der Waals surface area contributed by atoms with Crippen molar-refractivity contribution in [1.29, 1.82) is 0 Å². The Morgan fingerprint density at radius 2 is 1.94 bits per heavy atom. The second kappa shape index (κ2) is 8.69. The predicted octanol–water partition coefficient (Wildman–Crippen LogP) is 4.47. The highest BCUT2D eigenvalue weighted by atomic mass is 19.4. The molecule has 0 unspecified atom stereocenters. The van der Waals surface area contributed by atoms with Gasteiger partial charge in [-0.1, -0.05) is 5.21 Å². The molecule has 0 fully saturated rings. The topological polar surface area (TPSA) is 93.5 Å². The van der Waals surface area contributed by atoms with Crippen LogP contribution in [0.1, 0.15) is 25.2 Å². The highest BCUT2D eigenvalue weighted by Gasteiger charge is 2.33. The van der Waals surface area contributed by atoms with E-state index in [1.54, 1.807) is 10.9 Å². The van der Waals surface area contributed by atoms with E-state index in [0.717, 1.165) is 17.5 Å². The summed E-state index contributed by atoms with van der Waals surface area (Å²) in [4.78, 5) is 3.70. The second-order valence-electron chi connectivity index (χ2n) is 7.28. The number of anilines is 1. The summed E-state index contributed by atoms with van der Waals surface area (Å²) in [5.74, 6) is 0.748. The second-order valence-corrected chi connectivity index (χ2v) is 7.28. The zero-order chi connectivity index (χ0) is 22.7. The molecule has 0 saturated heterocycles. The van der Waals surface area contributed by atoms with E-state index < -0.39 is 11.9 Å². The molecule has 32 heavy (non-hydrogen) atoms. The molecule has 11 heteroatoms. The van der Waals surface area contributed by atoms with Crippen LogP contribution < -0.4 is 10.1 Å². The van der Waals surface area contributed by atoms with Crippen molar-refractivity contribution in [3.8, 4) is 22.7 Å². The number of pyridine rings is 1. The minimum absolute atomic E-state index is 0.0740. The number of hydrogen-bond donors (Lipinski definition) is 2. The van der Waals surface area contributed by atoms with E-state index in [0.29, 0.717) is 11.3 Å². The molecule has 0 aliphatic rings. The van der Waals surface area contributed by atoms with Gasteiger partial charge in [-0.2, -0.15) is 18.3 Å². The molecule has 0 aliphatic heterocycles. The third-order valence-electron chi connectivity index (χ3n) is 4.40. The summed E-state index contributed by atoms with van der Waals surface area (Å²) in [7, 11) is 0. The number of benzene rings is 1. The van der Waals surface area contributed by atoms with Gasteiger partial charge in [-0.25, -0.2) is 9.67 Å². The normalized spacial score (nSPS) is 11.7. The molecule has 0 radical (unpaired) electrons. The lowest BCUT2D eigenvalue weighted by Gasteiger charge is -2.11. The molecule has 0 spiro atoms. The van der Waals surface area contributed by atoms with E-state index >= 15 is 0 Å². The lowest BCUT2D eigenvalue weighted by molar-refractivity contribution is -0.141. The number of H-pyrrole nitrogens is 1. The highest BCUT2D eigenvalue weighted by molar-refractivity contribution is 5.63. The van der Waals surface area contributed by atoms with Crippen molar-refractivity contribution in [2.75, 3.05) is 5.32 Å². The van der Waals surface area contributed by atoms with Gasteiger partial charge in [0.2, 0.25) is 0 Å². The van der Waals surface area contributed by atoms with Crippen LogP contribution in [0.4, 0.5) is 18.9 Å². The van der Waals surface area contributed by atoms with E-state index in [1.165, 1.54) is 18.5 Å². The Bertz CT molecular complexity index is 1170. The van der Waals surface area contributed by atoms with Crippen LogP contribution in [-0.4, -0.2) is 36.3 Å². The largest absolute Gasteiger partial charge is 0.491 e. The van der Waals surface area contributed by atoms with Gasteiger partial charge in [0.15, 0.2) is 0 Å². The van der Waals surface area contributed by atoms with Gasteiger partial charge in [0, 0.05) is 17.4 Å². The first-order chi connectivity index (χ1) is 15.3. The van der Waals surface area contributed by atoms with Gasteiger partial charge in [0.1, 0.15) is 17.1 Å². The number of alkyl halides is 3. The van der Waals surface area contributed by atoms with Crippen LogP contribution in [0.3, 0.4) is 0 Å². The van der Waals surface area contributed by atoms with E-state index in [2.05, 4.69) is 30.8 Å². The fourth-order valence-corrected chi connectivity index (χ4v) is 2.96. The van der Waals surface area contributed by atoms with Crippen LogP contribution in [0.5, 0.6) is 5.75 Å². The predicted molar refractivity (Wildman–Crippen MR) is 111 cm³/mol. The molecule has 3 aromatic heterocycles. The first kappa shape index (κ1) is 21.3. The van der Waals surface area contributed by atoms with Gasteiger partial charge in [-0.3, -0.25) is 5.10 Å². The standard InChI is InChI=1S/C21H20F3N7O/c1-13(2)32-18-5-3-17(4-6-18)31-12-16(29-30-31)11-25-15-7-19(14-9-26-27-10-14)28-20(8-15)21(22,23)24/h3-10,12-13H,11H2,1-2H3,(H,25,28)(H,26,27). The van der Waals surface area contributed by atoms with Gasteiger partial charge in [0.05, 0.1) is 36.4 Å². The fraction of sp³-hybridized carbons (Fsp3) is 0.238. The van der Waals surface area contributed by atoms with Crippen molar-refractivity contribution in [3.05, 3.63) is 66.4 Å². The van der Waals surface area contributed by atoms with Crippen molar-refractivity contribution >= 4 is 5.69 Å². The third-order valence-corrected chi connectivity index (χ3v) is 4.40. The number of aromatic amines is 1. The summed E-state index contributed by atoms with van der Waals surface area (Å²) >= 11 is 0. The zero-order valence-electron chi connectivity index (χ0n) is 17.3. The van der Waals surface area contributed by atoms with E-state index in [4.69, 9.17) is 4.74 Å². The van der Waals surface area contributed by atoms with Crippen LogP contribution in [0.2, 0.25) is 0 Å². The molecule has 0 atom stereocenters. The first-order valence-corrected chi connectivity index (χ1v) is 9.78. The van der Waals surface area contributed by atoms with Gasteiger partial charge in [-0.15, -0.1) is 5.10 Å². The van der Waals surface area contributed by atoms with Crippen LogP contribution >= 0.6 is 0 Å². The fourth-order valence-electron chi connectivity index (χ4n) is 2.96. The monoisotopic (exact) mass is 443 g/mol. The van der Waals surface area contributed by atoms with Gasteiger partial charge in [0.25, 0.3) is 0 Å². The molecule has 3 heterocycles. The van der Waals surface area contributed by atoms with Crippen LogP contribution in [-0.2, 0) is 12.7 Å². The number of hydrogen-bond acceptors (Lipinski definition) is 6. The smallest absolute Gasteiger partial charge is 0.433 e. The Kier molecular flexibility index (Phi) is 5.80. The SMILES string of the molecule is CC(C)Oc1ccc(-n2cc(CNc3cc(-c4cn[nH]c4)nc(C(F)(F)F)c3)nn2)cc1. The average molecular weight is 443 g/mol.